The van der Waals surface area contributed by atoms with E-state index in [1.807, 2.05) is 0 Å². The Labute approximate surface area is 167 Å². The van der Waals surface area contributed by atoms with E-state index in [0.717, 1.165) is 12.8 Å². The van der Waals surface area contributed by atoms with Gasteiger partial charge < -0.3 is 20.3 Å². The molecule has 0 saturated heterocycles. The maximum atomic E-state index is 11.3. The minimum Gasteiger partial charge on any atom is -0.480 e. The van der Waals surface area contributed by atoms with Crippen LogP contribution < -0.4 is 0 Å². The molecule has 27 heavy (non-hydrogen) atoms. The van der Waals surface area contributed by atoms with Crippen molar-refractivity contribution in [3.63, 3.8) is 0 Å². The minimum absolute atomic E-state index is 0. The Hall–Kier alpha value is -1.94. The fraction of sp³-hybridized carbons (Fsp3) is 0.625. The summed E-state index contributed by atoms with van der Waals surface area (Å²) in [5.74, 6) is -2.60. The smallest absolute Gasteiger partial charge is 0.480 e. The van der Waals surface area contributed by atoms with Crippen molar-refractivity contribution in [3.05, 3.63) is 18.2 Å². The molecule has 0 amide bonds. The molecule has 0 bridgehead atoms. The van der Waals surface area contributed by atoms with Crippen LogP contribution in [0.25, 0.3) is 0 Å². The van der Waals surface area contributed by atoms with E-state index in [9.17, 15) is 19.5 Å². The van der Waals surface area contributed by atoms with Gasteiger partial charge in [0.25, 0.3) is 0 Å². The average Bonchev–Trinajstić information content (AvgIpc) is 3.05. The van der Waals surface area contributed by atoms with Crippen molar-refractivity contribution >= 4 is 17.9 Å². The molecule has 0 aromatic carbocycles. The molecule has 4 N–H and O–H groups in total. The molecule has 0 aliphatic heterocycles. The van der Waals surface area contributed by atoms with Crippen molar-refractivity contribution in [3.8, 4) is 0 Å². The molecule has 1 aliphatic rings. The quantitative estimate of drug-likeness (QED) is 0.384. The third kappa shape index (κ3) is 7.30. The van der Waals surface area contributed by atoms with Gasteiger partial charge in [0, 0.05) is 24.5 Å². The molecule has 1 saturated carbocycles. The third-order valence-corrected chi connectivity index (χ3v) is 4.55. The van der Waals surface area contributed by atoms with Crippen LogP contribution in [0.15, 0.2) is 12.4 Å². The van der Waals surface area contributed by atoms with Gasteiger partial charge in [-0.05, 0) is 12.8 Å². The number of hydrogen-bond acceptors (Lipinski definition) is 6. The largest absolute Gasteiger partial charge is 2.00 e. The Bertz CT molecular complexity index is 610. The summed E-state index contributed by atoms with van der Waals surface area (Å²) in [6.45, 7) is -0.742. The van der Waals surface area contributed by atoms with Gasteiger partial charge in [-0.2, -0.15) is 0 Å². The fourth-order valence-electron chi connectivity index (χ4n) is 3.62. The number of aromatic nitrogens is 2. The molecule has 2 atom stereocenters. The number of nitrogens with zero attached hydrogens (tertiary/aromatic N) is 3. The first kappa shape index (κ1) is 23.1. The van der Waals surface area contributed by atoms with Crippen LogP contribution >= 0.6 is 0 Å². The molecule has 2 rings (SSSR count). The number of carbonyl (C=O) groups is 3. The van der Waals surface area contributed by atoms with E-state index in [1.165, 1.54) is 4.90 Å². The van der Waals surface area contributed by atoms with Gasteiger partial charge in [0.05, 0.1) is 26.2 Å². The first-order chi connectivity index (χ1) is 12.4. The second-order valence-corrected chi connectivity index (χ2v) is 6.45. The van der Waals surface area contributed by atoms with E-state index in [2.05, 4.69) is 9.97 Å². The van der Waals surface area contributed by atoms with Gasteiger partial charge >= 0.3 is 35.0 Å². The van der Waals surface area contributed by atoms with Crippen LogP contribution in [0, 0.1) is 0 Å². The van der Waals surface area contributed by atoms with Gasteiger partial charge in [0.2, 0.25) is 0 Å². The first-order valence-electron chi connectivity index (χ1n) is 8.48. The summed E-state index contributed by atoms with van der Waals surface area (Å²) in [4.78, 5) is 43.9. The molecule has 1 aromatic rings. The first-order valence-corrected chi connectivity index (χ1v) is 8.48. The summed E-state index contributed by atoms with van der Waals surface area (Å²) >= 11 is 0. The SMILES string of the molecule is O=C(O)CN(CC(=O)O)C1CCCC[C@@H]1N(CC(=O)O)Cc1ncc[nH]1.[Mn+2]. The molecular weight excluding hydrogens is 399 g/mol. The van der Waals surface area contributed by atoms with E-state index in [0.29, 0.717) is 18.7 Å². The Morgan fingerprint density at radius 1 is 0.963 bits per heavy atom. The zero-order chi connectivity index (χ0) is 19.1. The van der Waals surface area contributed by atoms with Gasteiger partial charge in [0.1, 0.15) is 5.82 Å². The Morgan fingerprint density at radius 3 is 1.89 bits per heavy atom. The number of aliphatic carboxylic acids is 3. The number of carboxylic acid groups (broad SMARTS) is 3. The predicted octanol–water partition coefficient (Wildman–Crippen LogP) is 0.0762. The molecule has 1 heterocycles. The molecule has 1 aromatic heterocycles. The topological polar surface area (TPSA) is 147 Å². The van der Waals surface area contributed by atoms with Crippen LogP contribution in [-0.2, 0) is 38.0 Å². The Kier molecular flexibility index (Phi) is 9.44. The van der Waals surface area contributed by atoms with Gasteiger partial charge in [0.15, 0.2) is 0 Å². The van der Waals surface area contributed by atoms with E-state index >= 15 is 0 Å². The summed E-state index contributed by atoms with van der Waals surface area (Å²) < 4.78 is 0. The normalized spacial score (nSPS) is 19.6. The van der Waals surface area contributed by atoms with E-state index in [1.54, 1.807) is 17.3 Å². The number of imidazole rings is 1. The van der Waals surface area contributed by atoms with Gasteiger partial charge in [-0.3, -0.25) is 24.2 Å². The number of aromatic amines is 1. The van der Waals surface area contributed by atoms with Crippen LogP contribution in [0.3, 0.4) is 0 Å². The van der Waals surface area contributed by atoms with E-state index in [-0.39, 0.29) is 42.2 Å². The maximum absolute atomic E-state index is 11.3. The van der Waals surface area contributed by atoms with Gasteiger partial charge in [-0.25, -0.2) is 4.98 Å². The fourth-order valence-corrected chi connectivity index (χ4v) is 3.62. The molecule has 1 unspecified atom stereocenters. The number of H-pyrrole nitrogens is 1. The summed E-state index contributed by atoms with van der Waals surface area (Å²) in [7, 11) is 0. The molecular formula is C16H24MnN4O6+2. The number of carboxylic acids is 3. The van der Waals surface area contributed by atoms with Gasteiger partial charge in [-0.15, -0.1) is 0 Å². The van der Waals surface area contributed by atoms with Crippen molar-refractivity contribution in [2.45, 2.75) is 44.3 Å². The number of hydrogen-bond donors (Lipinski definition) is 4. The second-order valence-electron chi connectivity index (χ2n) is 6.45. The Balaban J connectivity index is 0.00000364. The van der Waals surface area contributed by atoms with Crippen LogP contribution in [0.2, 0.25) is 0 Å². The number of nitrogens with one attached hydrogen (secondary N) is 1. The van der Waals surface area contributed by atoms with Crippen molar-refractivity contribution in [1.29, 1.82) is 0 Å². The second kappa shape index (κ2) is 11.0. The average molecular weight is 423 g/mol. The van der Waals surface area contributed by atoms with Crippen LogP contribution in [-0.4, -0.2) is 84.7 Å². The molecule has 10 nitrogen and oxygen atoms in total. The molecule has 1 aliphatic carbocycles. The zero-order valence-electron chi connectivity index (χ0n) is 14.8. The molecule has 11 heteroatoms. The minimum atomic E-state index is -1.11. The van der Waals surface area contributed by atoms with Crippen LogP contribution in [0.1, 0.15) is 31.5 Å². The molecule has 149 valence electrons. The molecule has 1 radical (unpaired) electrons. The Morgan fingerprint density at radius 2 is 1.44 bits per heavy atom. The monoisotopic (exact) mass is 423 g/mol. The van der Waals surface area contributed by atoms with Crippen LogP contribution in [0.4, 0.5) is 0 Å². The summed E-state index contributed by atoms with van der Waals surface area (Å²) in [5, 5.41) is 27.6. The predicted molar refractivity (Wildman–Crippen MR) is 89.5 cm³/mol. The van der Waals surface area contributed by atoms with Crippen molar-refractivity contribution in [1.82, 2.24) is 19.8 Å². The summed E-state index contributed by atoms with van der Waals surface area (Å²) in [6.07, 6.45) is 6.25. The molecule has 1 fully saturated rings. The van der Waals surface area contributed by atoms with E-state index < -0.39 is 31.0 Å². The third-order valence-electron chi connectivity index (χ3n) is 4.55. The summed E-state index contributed by atoms with van der Waals surface area (Å²) in [6, 6.07) is -0.603. The van der Waals surface area contributed by atoms with Crippen molar-refractivity contribution in [2.24, 2.45) is 0 Å². The van der Waals surface area contributed by atoms with Gasteiger partial charge in [-0.1, -0.05) is 12.8 Å². The van der Waals surface area contributed by atoms with Crippen molar-refractivity contribution in [2.75, 3.05) is 19.6 Å². The standard InChI is InChI=1S/C16H24N4O6.Mn/c21-14(22)8-19(7-13-17-5-6-18-13)11-3-1-2-4-12(11)20(9-15(23)24)10-16(25)26;/h5-6,11-12H,1-4,7-10H2,(H,17,18)(H,21,22)(H,23,24)(H,25,26);/q;+2/t11-,12?;/m0./s1. The van der Waals surface area contributed by atoms with Crippen molar-refractivity contribution < 1.29 is 46.8 Å². The molecule has 0 spiro atoms. The van der Waals surface area contributed by atoms with Crippen LogP contribution in [0.5, 0.6) is 0 Å². The van der Waals surface area contributed by atoms with E-state index in [4.69, 9.17) is 10.2 Å². The summed E-state index contributed by atoms with van der Waals surface area (Å²) in [5.41, 5.74) is 0. The number of rotatable bonds is 10. The maximum Gasteiger partial charge on any atom is 2.00 e. The zero-order valence-corrected chi connectivity index (χ0v) is 15.9.